The quantitative estimate of drug-likeness (QED) is 0.662. The monoisotopic (exact) mass is 179 g/mol. The van der Waals surface area contributed by atoms with Crippen molar-refractivity contribution in [1.29, 1.82) is 0 Å². The van der Waals surface area contributed by atoms with Crippen molar-refractivity contribution in [3.63, 3.8) is 0 Å². The Labute approximate surface area is 66.5 Å². The Hall–Kier alpha value is -0.0200. The normalized spacial score (nSPS) is 32.4. The predicted molar refractivity (Wildman–Crippen MR) is 39.3 cm³/mol. The molecule has 1 aliphatic heterocycles. The van der Waals surface area contributed by atoms with Gasteiger partial charge >= 0.3 is 8.25 Å². The summed E-state index contributed by atoms with van der Waals surface area (Å²) in [6.07, 6.45) is 2.21. The molecule has 0 aromatic carbocycles. The van der Waals surface area contributed by atoms with Gasteiger partial charge in [-0.3, -0.25) is 0 Å². The van der Waals surface area contributed by atoms with Gasteiger partial charge in [-0.1, -0.05) is 0 Å². The van der Waals surface area contributed by atoms with Gasteiger partial charge < -0.3 is 4.74 Å². The van der Waals surface area contributed by atoms with Gasteiger partial charge in [-0.15, -0.1) is 9.42 Å². The minimum Gasteiger partial charge on any atom is -0.373 e. The standard InChI is InChI=1S/C6H11O4P/c1-5-2-3-6(10-5)4-9-11(7)8/h5-6H,2-4H2,1H3/p+1/t5-,6-/m0/s1. The third kappa shape index (κ3) is 3.25. The van der Waals surface area contributed by atoms with Gasteiger partial charge in [-0.25, -0.2) is 0 Å². The van der Waals surface area contributed by atoms with Crippen molar-refractivity contribution in [2.24, 2.45) is 0 Å². The second-order valence-corrected chi connectivity index (χ2v) is 3.41. The zero-order valence-corrected chi connectivity index (χ0v) is 7.29. The Morgan fingerprint density at radius 1 is 1.73 bits per heavy atom. The van der Waals surface area contributed by atoms with Crippen LogP contribution in [0.4, 0.5) is 0 Å². The maximum absolute atomic E-state index is 10.1. The van der Waals surface area contributed by atoms with Gasteiger partial charge in [0.25, 0.3) is 0 Å². The molecule has 1 unspecified atom stereocenters. The lowest BCUT2D eigenvalue weighted by atomic mass is 10.2. The summed E-state index contributed by atoms with van der Waals surface area (Å²) in [5, 5.41) is 0. The Morgan fingerprint density at radius 2 is 2.45 bits per heavy atom. The minimum atomic E-state index is -2.46. The smallest absolute Gasteiger partial charge is 0.373 e. The van der Waals surface area contributed by atoms with Crippen LogP contribution in [-0.2, 0) is 13.8 Å². The Balaban J connectivity index is 2.13. The molecule has 0 aliphatic carbocycles. The summed E-state index contributed by atoms with van der Waals surface area (Å²) in [7, 11) is -2.46. The first-order valence-electron chi connectivity index (χ1n) is 3.63. The topological polar surface area (TPSA) is 55.8 Å². The van der Waals surface area contributed by atoms with E-state index in [2.05, 4.69) is 4.52 Å². The summed E-state index contributed by atoms with van der Waals surface area (Å²) in [5.74, 6) is 0. The summed E-state index contributed by atoms with van der Waals surface area (Å²) < 4.78 is 20.0. The zero-order chi connectivity index (χ0) is 8.27. The van der Waals surface area contributed by atoms with Crippen LogP contribution in [0.1, 0.15) is 19.8 Å². The molecule has 0 amide bonds. The lowest BCUT2D eigenvalue weighted by molar-refractivity contribution is 0.0257. The van der Waals surface area contributed by atoms with Gasteiger partial charge in [0.15, 0.2) is 0 Å². The van der Waals surface area contributed by atoms with Gasteiger partial charge in [-0.05, 0) is 19.8 Å². The van der Waals surface area contributed by atoms with Crippen LogP contribution in [0.25, 0.3) is 0 Å². The molecule has 1 N–H and O–H groups in total. The van der Waals surface area contributed by atoms with Gasteiger partial charge in [0, 0.05) is 4.57 Å². The van der Waals surface area contributed by atoms with E-state index in [0.29, 0.717) is 0 Å². The predicted octanol–water partition coefficient (Wildman–Crippen LogP) is 1.22. The van der Waals surface area contributed by atoms with Crippen LogP contribution in [0.2, 0.25) is 0 Å². The van der Waals surface area contributed by atoms with E-state index in [1.165, 1.54) is 0 Å². The molecular weight excluding hydrogens is 167 g/mol. The van der Waals surface area contributed by atoms with Gasteiger partial charge in [-0.2, -0.15) is 0 Å². The molecule has 0 aromatic rings. The SMILES string of the molecule is C[C@H]1CC[C@@H](CO[P+](=O)O)O1. The Bertz CT molecular complexity index is 150. The zero-order valence-electron chi connectivity index (χ0n) is 6.40. The number of rotatable bonds is 3. The summed E-state index contributed by atoms with van der Waals surface area (Å²) in [6, 6.07) is 0. The maximum atomic E-state index is 10.1. The first-order chi connectivity index (χ1) is 5.18. The average molecular weight is 179 g/mol. The summed E-state index contributed by atoms with van der Waals surface area (Å²) >= 11 is 0. The second-order valence-electron chi connectivity index (χ2n) is 2.68. The fraction of sp³-hybridized carbons (Fsp3) is 1.00. The van der Waals surface area contributed by atoms with Crippen molar-refractivity contribution < 1.29 is 18.7 Å². The average Bonchev–Trinajstić information content (AvgIpc) is 2.31. The number of hydrogen-bond acceptors (Lipinski definition) is 3. The van der Waals surface area contributed by atoms with Crippen molar-refractivity contribution in [2.75, 3.05) is 6.61 Å². The first kappa shape index (κ1) is 9.07. The lowest BCUT2D eigenvalue weighted by Crippen LogP contribution is -2.13. The second kappa shape index (κ2) is 4.12. The van der Waals surface area contributed by atoms with Crippen molar-refractivity contribution >= 4 is 8.25 Å². The van der Waals surface area contributed by atoms with Crippen LogP contribution >= 0.6 is 8.25 Å². The minimum absolute atomic E-state index is 0.0103. The molecule has 0 bridgehead atoms. The third-order valence-electron chi connectivity index (χ3n) is 1.69. The van der Waals surface area contributed by atoms with E-state index in [1.54, 1.807) is 0 Å². The highest BCUT2D eigenvalue weighted by molar-refractivity contribution is 7.32. The molecule has 0 radical (unpaired) electrons. The Morgan fingerprint density at radius 3 is 2.91 bits per heavy atom. The summed E-state index contributed by atoms with van der Waals surface area (Å²) in [6.45, 7) is 2.22. The van der Waals surface area contributed by atoms with E-state index in [-0.39, 0.29) is 18.8 Å². The molecule has 4 nitrogen and oxygen atoms in total. The van der Waals surface area contributed by atoms with Crippen molar-refractivity contribution in [1.82, 2.24) is 0 Å². The van der Waals surface area contributed by atoms with Gasteiger partial charge in [0.05, 0.1) is 12.2 Å². The fourth-order valence-electron chi connectivity index (χ4n) is 1.15. The molecule has 1 fully saturated rings. The molecule has 0 spiro atoms. The summed E-state index contributed by atoms with van der Waals surface area (Å²) in [5.41, 5.74) is 0. The molecule has 1 aliphatic rings. The highest BCUT2D eigenvalue weighted by Gasteiger charge is 2.25. The molecule has 0 saturated carbocycles. The van der Waals surface area contributed by atoms with E-state index in [0.717, 1.165) is 12.8 Å². The molecule has 1 heterocycles. The number of hydrogen-bond donors (Lipinski definition) is 1. The largest absolute Gasteiger partial charge is 0.694 e. The first-order valence-corrected chi connectivity index (χ1v) is 4.76. The highest BCUT2D eigenvalue weighted by atomic mass is 31.1. The molecule has 1 saturated heterocycles. The van der Waals surface area contributed by atoms with Crippen molar-refractivity contribution in [3.8, 4) is 0 Å². The van der Waals surface area contributed by atoms with Crippen LogP contribution in [0.15, 0.2) is 0 Å². The molecule has 0 aromatic heterocycles. The number of ether oxygens (including phenoxy) is 1. The van der Waals surface area contributed by atoms with Crippen LogP contribution in [0.5, 0.6) is 0 Å². The van der Waals surface area contributed by atoms with E-state index >= 15 is 0 Å². The van der Waals surface area contributed by atoms with Crippen LogP contribution in [0, 0.1) is 0 Å². The van der Waals surface area contributed by atoms with E-state index in [9.17, 15) is 4.57 Å². The molecule has 1 rings (SSSR count). The van der Waals surface area contributed by atoms with E-state index in [1.807, 2.05) is 6.92 Å². The lowest BCUT2D eigenvalue weighted by Gasteiger charge is -2.05. The van der Waals surface area contributed by atoms with Crippen molar-refractivity contribution in [2.45, 2.75) is 32.0 Å². The van der Waals surface area contributed by atoms with Crippen molar-refractivity contribution in [3.05, 3.63) is 0 Å². The van der Waals surface area contributed by atoms with Crippen LogP contribution in [0.3, 0.4) is 0 Å². The van der Waals surface area contributed by atoms with E-state index in [4.69, 9.17) is 9.63 Å². The maximum Gasteiger partial charge on any atom is 0.694 e. The highest BCUT2D eigenvalue weighted by Crippen LogP contribution is 2.23. The van der Waals surface area contributed by atoms with Crippen LogP contribution < -0.4 is 0 Å². The summed E-state index contributed by atoms with van der Waals surface area (Å²) in [4.78, 5) is 8.31. The van der Waals surface area contributed by atoms with Crippen LogP contribution in [-0.4, -0.2) is 23.7 Å². The molecule has 64 valence electrons. The fourth-order valence-corrected chi connectivity index (χ4v) is 1.45. The third-order valence-corrected chi connectivity index (χ3v) is 2.06. The molecular formula is C6H12O4P+. The molecule has 3 atom stereocenters. The molecule has 11 heavy (non-hydrogen) atoms. The van der Waals surface area contributed by atoms with E-state index < -0.39 is 8.25 Å². The van der Waals surface area contributed by atoms with Gasteiger partial charge in [0.2, 0.25) is 0 Å². The Kier molecular flexibility index (Phi) is 3.40. The molecule has 5 heteroatoms. The van der Waals surface area contributed by atoms with Gasteiger partial charge in [0.1, 0.15) is 6.61 Å².